The number of methoxy groups -OCH3 is 1. The molecular weight excluding hydrogens is 437 g/mol. The molecule has 0 aliphatic heterocycles. The van der Waals surface area contributed by atoms with E-state index in [0.717, 1.165) is 21.8 Å². The third-order valence-electron chi connectivity index (χ3n) is 4.96. The number of phenols is 1. The number of hydrazone groups is 1. The zero-order valence-corrected chi connectivity index (χ0v) is 18.1. The number of nitrogens with one attached hydrogen (secondary N) is 1. The van der Waals surface area contributed by atoms with Crippen molar-refractivity contribution in [2.45, 2.75) is 13.0 Å². The Balaban J connectivity index is 1.49. The van der Waals surface area contributed by atoms with Crippen LogP contribution < -0.4 is 10.2 Å². The van der Waals surface area contributed by atoms with Crippen LogP contribution in [0.15, 0.2) is 59.7 Å². The van der Waals surface area contributed by atoms with E-state index in [0.29, 0.717) is 27.9 Å². The van der Waals surface area contributed by atoms with Gasteiger partial charge in [-0.3, -0.25) is 4.79 Å². The van der Waals surface area contributed by atoms with Crippen LogP contribution in [-0.2, 0) is 11.3 Å². The standard InChI is InChI=1S/C23H19Cl2N3O3/c1-31-22-10-14(2-7-21(22)29)13-26-27-23(30)8-9-28-19-5-3-15(24)11-17(19)18-12-16(25)4-6-20(18)28/h2-7,10-13,29H,8-9H2,1H3,(H,27,30)/b26-13-. The predicted octanol–water partition coefficient (Wildman–Crippen LogP) is 5.36. The number of hydrogen-bond donors (Lipinski definition) is 2. The fourth-order valence-electron chi connectivity index (χ4n) is 3.51. The normalized spacial score (nSPS) is 11.5. The highest BCUT2D eigenvalue weighted by Crippen LogP contribution is 2.33. The number of amides is 1. The Kier molecular flexibility index (Phi) is 6.02. The molecule has 158 valence electrons. The molecule has 0 atom stereocenters. The van der Waals surface area contributed by atoms with E-state index < -0.39 is 0 Å². The number of ether oxygens (including phenoxy) is 1. The first-order valence-electron chi connectivity index (χ1n) is 9.52. The number of halogens is 2. The SMILES string of the molecule is COc1cc(/C=N\NC(=O)CCn2c3ccc(Cl)cc3c3cc(Cl)ccc32)ccc1O. The zero-order valence-electron chi connectivity index (χ0n) is 16.6. The number of aromatic hydroxyl groups is 1. The van der Waals surface area contributed by atoms with Gasteiger partial charge in [0.2, 0.25) is 5.91 Å². The molecule has 8 heteroatoms. The lowest BCUT2D eigenvalue weighted by Crippen LogP contribution is -2.19. The van der Waals surface area contributed by atoms with Crippen molar-refractivity contribution in [1.82, 2.24) is 9.99 Å². The molecule has 0 saturated heterocycles. The van der Waals surface area contributed by atoms with Crippen LogP contribution in [0, 0.1) is 0 Å². The van der Waals surface area contributed by atoms with Crippen LogP contribution in [0.1, 0.15) is 12.0 Å². The molecule has 4 aromatic rings. The van der Waals surface area contributed by atoms with Gasteiger partial charge in [-0.05, 0) is 60.2 Å². The van der Waals surface area contributed by atoms with E-state index >= 15 is 0 Å². The van der Waals surface area contributed by atoms with Gasteiger partial charge in [0.15, 0.2) is 11.5 Å². The van der Waals surface area contributed by atoms with Crippen LogP contribution in [0.5, 0.6) is 11.5 Å². The van der Waals surface area contributed by atoms with Crippen molar-refractivity contribution in [3.63, 3.8) is 0 Å². The summed E-state index contributed by atoms with van der Waals surface area (Å²) in [6, 6.07) is 16.2. The Morgan fingerprint density at radius 2 is 1.71 bits per heavy atom. The van der Waals surface area contributed by atoms with E-state index in [1.54, 1.807) is 12.1 Å². The number of fused-ring (bicyclic) bond motifs is 3. The predicted molar refractivity (Wildman–Crippen MR) is 124 cm³/mol. The van der Waals surface area contributed by atoms with Crippen LogP contribution in [-0.4, -0.2) is 28.9 Å². The largest absolute Gasteiger partial charge is 0.504 e. The van der Waals surface area contributed by atoms with Gasteiger partial charge in [-0.1, -0.05) is 23.2 Å². The summed E-state index contributed by atoms with van der Waals surface area (Å²) < 4.78 is 7.13. The maximum atomic E-state index is 12.3. The van der Waals surface area contributed by atoms with Crippen molar-refractivity contribution in [3.8, 4) is 11.5 Å². The second-order valence-electron chi connectivity index (χ2n) is 6.95. The van der Waals surface area contributed by atoms with Gasteiger partial charge in [-0.2, -0.15) is 5.10 Å². The summed E-state index contributed by atoms with van der Waals surface area (Å²) in [4.78, 5) is 12.3. The Morgan fingerprint density at radius 3 is 2.32 bits per heavy atom. The van der Waals surface area contributed by atoms with E-state index in [1.165, 1.54) is 19.4 Å². The second-order valence-corrected chi connectivity index (χ2v) is 7.82. The van der Waals surface area contributed by atoms with E-state index in [9.17, 15) is 9.90 Å². The number of benzene rings is 3. The van der Waals surface area contributed by atoms with E-state index in [2.05, 4.69) is 15.1 Å². The Morgan fingerprint density at radius 1 is 1.06 bits per heavy atom. The molecule has 1 amide bonds. The summed E-state index contributed by atoms with van der Waals surface area (Å²) in [5.41, 5.74) is 5.18. The number of phenolic OH excluding ortho intramolecular Hbond substituents is 1. The summed E-state index contributed by atoms with van der Waals surface area (Å²) in [5, 5.41) is 16.9. The van der Waals surface area contributed by atoms with Gasteiger partial charge in [0.1, 0.15) is 0 Å². The summed E-state index contributed by atoms with van der Waals surface area (Å²) in [6.07, 6.45) is 1.73. The smallest absolute Gasteiger partial charge is 0.241 e. The lowest BCUT2D eigenvalue weighted by atomic mass is 10.1. The van der Waals surface area contributed by atoms with Gasteiger partial charge in [-0.25, -0.2) is 5.43 Å². The van der Waals surface area contributed by atoms with Crippen LogP contribution >= 0.6 is 23.2 Å². The summed E-state index contributed by atoms with van der Waals surface area (Å²) in [5.74, 6) is 0.152. The summed E-state index contributed by atoms with van der Waals surface area (Å²) in [7, 11) is 1.47. The van der Waals surface area contributed by atoms with E-state index in [4.69, 9.17) is 27.9 Å². The van der Waals surface area contributed by atoms with Gasteiger partial charge in [0.05, 0.1) is 13.3 Å². The first kappa shape index (κ1) is 21.0. The number of carbonyl (C=O) groups is 1. The molecule has 0 radical (unpaired) electrons. The third kappa shape index (κ3) is 4.45. The number of hydrogen-bond acceptors (Lipinski definition) is 4. The molecule has 0 saturated carbocycles. The third-order valence-corrected chi connectivity index (χ3v) is 5.43. The minimum Gasteiger partial charge on any atom is -0.504 e. The van der Waals surface area contributed by atoms with Gasteiger partial charge in [-0.15, -0.1) is 0 Å². The highest BCUT2D eigenvalue weighted by atomic mass is 35.5. The fraction of sp³-hybridized carbons (Fsp3) is 0.130. The first-order valence-corrected chi connectivity index (χ1v) is 10.3. The fourth-order valence-corrected chi connectivity index (χ4v) is 3.86. The van der Waals surface area contributed by atoms with Gasteiger partial charge >= 0.3 is 0 Å². The van der Waals surface area contributed by atoms with Crippen molar-refractivity contribution < 1.29 is 14.6 Å². The molecular formula is C23H19Cl2N3O3. The minimum absolute atomic E-state index is 0.0393. The van der Waals surface area contributed by atoms with Crippen LogP contribution in [0.2, 0.25) is 10.0 Å². The molecule has 0 aliphatic carbocycles. The van der Waals surface area contributed by atoms with Crippen LogP contribution in [0.4, 0.5) is 0 Å². The second kappa shape index (κ2) is 8.88. The number of nitrogens with zero attached hydrogens (tertiary/aromatic N) is 2. The lowest BCUT2D eigenvalue weighted by molar-refractivity contribution is -0.121. The number of carbonyl (C=O) groups excluding carboxylic acids is 1. The van der Waals surface area contributed by atoms with E-state index in [-0.39, 0.29) is 18.1 Å². The molecule has 2 N–H and O–H groups in total. The van der Waals surface area contributed by atoms with Crippen molar-refractivity contribution in [2.24, 2.45) is 5.10 Å². The van der Waals surface area contributed by atoms with Crippen LogP contribution in [0.3, 0.4) is 0 Å². The molecule has 1 aromatic heterocycles. The topological polar surface area (TPSA) is 75.8 Å². The molecule has 3 aromatic carbocycles. The van der Waals surface area contributed by atoms with Crippen molar-refractivity contribution in [2.75, 3.05) is 7.11 Å². The summed E-state index contributed by atoms with van der Waals surface area (Å²) in [6.45, 7) is 0.470. The summed E-state index contributed by atoms with van der Waals surface area (Å²) >= 11 is 12.4. The first-order chi connectivity index (χ1) is 15.0. The van der Waals surface area contributed by atoms with Gasteiger partial charge in [0.25, 0.3) is 0 Å². The molecule has 31 heavy (non-hydrogen) atoms. The van der Waals surface area contributed by atoms with Crippen molar-refractivity contribution >= 4 is 57.1 Å². The number of rotatable bonds is 6. The zero-order chi connectivity index (χ0) is 22.0. The molecule has 0 aliphatic rings. The molecule has 6 nitrogen and oxygen atoms in total. The number of aromatic nitrogens is 1. The van der Waals surface area contributed by atoms with E-state index in [1.807, 2.05) is 36.4 Å². The minimum atomic E-state index is -0.222. The molecule has 0 unspecified atom stereocenters. The van der Waals surface area contributed by atoms with Gasteiger partial charge < -0.3 is 14.4 Å². The highest BCUT2D eigenvalue weighted by Gasteiger charge is 2.13. The Bertz CT molecular complexity index is 1260. The number of aryl methyl sites for hydroxylation is 1. The van der Waals surface area contributed by atoms with Crippen molar-refractivity contribution in [3.05, 3.63) is 70.2 Å². The highest BCUT2D eigenvalue weighted by molar-refractivity contribution is 6.33. The molecule has 0 bridgehead atoms. The van der Waals surface area contributed by atoms with Crippen LogP contribution in [0.25, 0.3) is 21.8 Å². The monoisotopic (exact) mass is 455 g/mol. The molecule has 4 rings (SSSR count). The lowest BCUT2D eigenvalue weighted by Gasteiger charge is -2.07. The average molecular weight is 456 g/mol. The molecule has 0 fully saturated rings. The van der Waals surface area contributed by atoms with Gasteiger partial charge in [0, 0.05) is 44.8 Å². The van der Waals surface area contributed by atoms with Crippen molar-refractivity contribution in [1.29, 1.82) is 0 Å². The molecule has 0 spiro atoms. The quantitative estimate of drug-likeness (QED) is 0.303. The Hall–Kier alpha value is -3.22. The maximum Gasteiger partial charge on any atom is 0.241 e. The maximum absolute atomic E-state index is 12.3. The average Bonchev–Trinajstić information content (AvgIpc) is 3.05. The molecule has 1 heterocycles. The Labute approximate surface area is 188 Å².